The van der Waals surface area contributed by atoms with Crippen molar-refractivity contribution in [1.29, 1.82) is 0 Å². The summed E-state index contributed by atoms with van der Waals surface area (Å²) >= 11 is 5.94. The Kier molecular flexibility index (Phi) is 3.39. The average Bonchev–Trinajstić information content (AvgIpc) is 2.56. The Morgan fingerprint density at radius 1 is 1.33 bits per heavy atom. The topological polar surface area (TPSA) is 55.1 Å². The van der Waals surface area contributed by atoms with Crippen LogP contribution in [0.4, 0.5) is 5.82 Å². The predicted octanol–water partition coefficient (Wildman–Crippen LogP) is 3.51. The van der Waals surface area contributed by atoms with Gasteiger partial charge in [0.05, 0.1) is 10.6 Å². The van der Waals surface area contributed by atoms with Gasteiger partial charge in [0, 0.05) is 11.8 Å². The molecule has 2 heterocycles. The second kappa shape index (κ2) is 4.82. The number of hydrogen-bond donors (Lipinski definition) is 1. The SMILES string of the molecule is Cc1oc(C)c(C(=O)Nc2ncccc2Cl)c1C. The molecule has 94 valence electrons. The molecular formula is C13H13ClN2O2. The number of carbonyl (C=O) groups is 1. The van der Waals surface area contributed by atoms with Crippen molar-refractivity contribution in [1.82, 2.24) is 4.98 Å². The molecule has 18 heavy (non-hydrogen) atoms. The van der Waals surface area contributed by atoms with E-state index >= 15 is 0 Å². The zero-order chi connectivity index (χ0) is 13.3. The minimum atomic E-state index is -0.262. The Hall–Kier alpha value is -1.81. The highest BCUT2D eigenvalue weighted by molar-refractivity contribution is 6.33. The molecule has 0 saturated carbocycles. The van der Waals surface area contributed by atoms with Gasteiger partial charge in [-0.15, -0.1) is 0 Å². The van der Waals surface area contributed by atoms with E-state index in [-0.39, 0.29) is 5.91 Å². The van der Waals surface area contributed by atoms with Crippen molar-refractivity contribution in [2.75, 3.05) is 5.32 Å². The zero-order valence-electron chi connectivity index (χ0n) is 10.4. The molecule has 0 fully saturated rings. The summed E-state index contributed by atoms with van der Waals surface area (Å²) in [6.45, 7) is 5.43. The van der Waals surface area contributed by atoms with Gasteiger partial charge in [-0.05, 0) is 32.9 Å². The summed E-state index contributed by atoms with van der Waals surface area (Å²) in [7, 11) is 0. The molecule has 0 aliphatic heterocycles. The first-order chi connectivity index (χ1) is 8.50. The maximum absolute atomic E-state index is 12.2. The maximum atomic E-state index is 12.2. The second-order valence-electron chi connectivity index (χ2n) is 4.00. The van der Waals surface area contributed by atoms with Gasteiger partial charge in [0.15, 0.2) is 5.82 Å². The fraction of sp³-hybridized carbons (Fsp3) is 0.231. The molecule has 0 aliphatic rings. The molecule has 0 atom stereocenters. The highest BCUT2D eigenvalue weighted by Gasteiger charge is 2.19. The summed E-state index contributed by atoms with van der Waals surface area (Å²) in [5, 5.41) is 3.08. The molecule has 0 unspecified atom stereocenters. The van der Waals surface area contributed by atoms with Crippen molar-refractivity contribution in [3.05, 3.63) is 46.0 Å². The van der Waals surface area contributed by atoms with Crippen molar-refractivity contribution >= 4 is 23.3 Å². The maximum Gasteiger partial charge on any atom is 0.260 e. The third kappa shape index (κ3) is 2.24. The van der Waals surface area contributed by atoms with Gasteiger partial charge in [0.1, 0.15) is 11.5 Å². The Balaban J connectivity index is 2.31. The summed E-state index contributed by atoms with van der Waals surface area (Å²) in [5.41, 5.74) is 1.37. The van der Waals surface area contributed by atoms with Crippen LogP contribution in [0, 0.1) is 20.8 Å². The lowest BCUT2D eigenvalue weighted by atomic mass is 10.1. The van der Waals surface area contributed by atoms with Crippen LogP contribution < -0.4 is 5.32 Å². The van der Waals surface area contributed by atoms with E-state index in [0.717, 1.165) is 11.3 Å². The van der Waals surface area contributed by atoms with Gasteiger partial charge < -0.3 is 9.73 Å². The molecule has 0 spiro atoms. The third-order valence-electron chi connectivity index (χ3n) is 2.78. The summed E-state index contributed by atoms with van der Waals surface area (Å²) in [5.74, 6) is 1.42. The Morgan fingerprint density at radius 2 is 2.06 bits per heavy atom. The van der Waals surface area contributed by atoms with Crippen molar-refractivity contribution in [3.8, 4) is 0 Å². The van der Waals surface area contributed by atoms with E-state index in [9.17, 15) is 4.79 Å². The molecule has 0 aliphatic carbocycles. The van der Waals surface area contributed by atoms with Crippen LogP contribution in [-0.4, -0.2) is 10.9 Å². The molecule has 1 N–H and O–H groups in total. The quantitative estimate of drug-likeness (QED) is 0.903. The van der Waals surface area contributed by atoms with E-state index in [0.29, 0.717) is 22.2 Å². The van der Waals surface area contributed by atoms with Crippen LogP contribution in [0.5, 0.6) is 0 Å². The number of anilines is 1. The van der Waals surface area contributed by atoms with E-state index in [1.165, 1.54) is 0 Å². The number of aromatic nitrogens is 1. The molecule has 0 saturated heterocycles. The largest absolute Gasteiger partial charge is 0.466 e. The first kappa shape index (κ1) is 12.6. The van der Waals surface area contributed by atoms with Crippen LogP contribution in [0.25, 0.3) is 0 Å². The summed E-state index contributed by atoms with van der Waals surface area (Å²) in [6, 6.07) is 3.38. The van der Waals surface area contributed by atoms with Gasteiger partial charge >= 0.3 is 0 Å². The Labute approximate surface area is 110 Å². The van der Waals surface area contributed by atoms with Crippen LogP contribution in [0.15, 0.2) is 22.7 Å². The lowest BCUT2D eigenvalue weighted by molar-refractivity contribution is 0.102. The van der Waals surface area contributed by atoms with E-state index in [1.807, 2.05) is 13.8 Å². The van der Waals surface area contributed by atoms with E-state index in [4.69, 9.17) is 16.0 Å². The second-order valence-corrected chi connectivity index (χ2v) is 4.41. The first-order valence-corrected chi connectivity index (χ1v) is 5.87. The minimum Gasteiger partial charge on any atom is -0.466 e. The van der Waals surface area contributed by atoms with Crippen molar-refractivity contribution in [2.24, 2.45) is 0 Å². The fourth-order valence-electron chi connectivity index (χ4n) is 1.78. The van der Waals surface area contributed by atoms with Crippen molar-refractivity contribution in [2.45, 2.75) is 20.8 Å². The van der Waals surface area contributed by atoms with Gasteiger partial charge in [0.25, 0.3) is 5.91 Å². The van der Waals surface area contributed by atoms with E-state index in [2.05, 4.69) is 10.3 Å². The number of rotatable bonds is 2. The van der Waals surface area contributed by atoms with Gasteiger partial charge in [-0.2, -0.15) is 0 Å². The molecule has 2 rings (SSSR count). The normalized spacial score (nSPS) is 10.4. The molecule has 2 aromatic heterocycles. The highest BCUT2D eigenvalue weighted by Crippen LogP contribution is 2.23. The number of nitrogens with one attached hydrogen (secondary N) is 1. The summed E-state index contributed by atoms with van der Waals surface area (Å²) in [6.07, 6.45) is 1.57. The zero-order valence-corrected chi connectivity index (χ0v) is 11.1. The number of amides is 1. The van der Waals surface area contributed by atoms with Crippen LogP contribution in [0.1, 0.15) is 27.4 Å². The summed E-state index contributed by atoms with van der Waals surface area (Å²) < 4.78 is 5.42. The monoisotopic (exact) mass is 264 g/mol. The Bertz CT molecular complexity index is 605. The molecule has 5 heteroatoms. The molecule has 2 aromatic rings. The van der Waals surface area contributed by atoms with Crippen LogP contribution in [0.3, 0.4) is 0 Å². The smallest absolute Gasteiger partial charge is 0.260 e. The van der Waals surface area contributed by atoms with Gasteiger partial charge in [-0.1, -0.05) is 11.6 Å². The number of aryl methyl sites for hydroxylation is 2. The Morgan fingerprint density at radius 3 is 2.61 bits per heavy atom. The van der Waals surface area contributed by atoms with E-state index < -0.39 is 0 Å². The predicted molar refractivity (Wildman–Crippen MR) is 70.1 cm³/mol. The lowest BCUT2D eigenvalue weighted by Crippen LogP contribution is -2.14. The average molecular weight is 265 g/mol. The standard InChI is InChI=1S/C13H13ClN2O2/c1-7-8(2)18-9(3)11(7)13(17)16-12-10(14)5-4-6-15-12/h4-6H,1-3H3,(H,15,16,17). The highest BCUT2D eigenvalue weighted by atomic mass is 35.5. The van der Waals surface area contributed by atoms with Gasteiger partial charge in [0.2, 0.25) is 0 Å². The van der Waals surface area contributed by atoms with Gasteiger partial charge in [-0.25, -0.2) is 4.98 Å². The molecule has 0 aromatic carbocycles. The van der Waals surface area contributed by atoms with Gasteiger partial charge in [-0.3, -0.25) is 4.79 Å². The van der Waals surface area contributed by atoms with Crippen LogP contribution >= 0.6 is 11.6 Å². The van der Waals surface area contributed by atoms with Crippen LogP contribution in [0.2, 0.25) is 5.02 Å². The summed E-state index contributed by atoms with van der Waals surface area (Å²) in [4.78, 5) is 16.2. The molecule has 4 nitrogen and oxygen atoms in total. The van der Waals surface area contributed by atoms with Crippen molar-refractivity contribution < 1.29 is 9.21 Å². The minimum absolute atomic E-state index is 0.262. The molecular weight excluding hydrogens is 252 g/mol. The third-order valence-corrected chi connectivity index (χ3v) is 3.08. The lowest BCUT2D eigenvalue weighted by Gasteiger charge is -2.05. The number of furan rings is 1. The molecule has 1 amide bonds. The van der Waals surface area contributed by atoms with E-state index in [1.54, 1.807) is 25.3 Å². The number of hydrogen-bond acceptors (Lipinski definition) is 3. The van der Waals surface area contributed by atoms with Crippen molar-refractivity contribution in [3.63, 3.8) is 0 Å². The number of halogens is 1. The number of carbonyl (C=O) groups excluding carboxylic acids is 1. The first-order valence-electron chi connectivity index (χ1n) is 5.49. The fourth-order valence-corrected chi connectivity index (χ4v) is 1.94. The number of nitrogens with zero attached hydrogens (tertiary/aromatic N) is 1. The molecule has 0 radical (unpaired) electrons. The van der Waals surface area contributed by atoms with Crippen LogP contribution in [-0.2, 0) is 0 Å². The molecule has 0 bridgehead atoms. The number of pyridine rings is 1.